The summed E-state index contributed by atoms with van der Waals surface area (Å²) < 4.78 is 45.0. The standard InChI is InChI=1S/C19H14F3N4O/c1-25-9-3-5-14(12-25)16-7-8-18-23-11-17(26(18)24-16)13-4-2-6-15(10-13)27-19(20,21)22/h2-12H,1H3/q+1. The topological polar surface area (TPSA) is 43.3 Å². The van der Waals surface area contributed by atoms with Crippen molar-refractivity contribution in [1.82, 2.24) is 14.6 Å². The molecule has 0 saturated heterocycles. The van der Waals surface area contributed by atoms with Gasteiger partial charge in [-0.1, -0.05) is 12.1 Å². The molecular formula is C19H14F3N4O+. The lowest BCUT2D eigenvalue weighted by molar-refractivity contribution is -0.671. The molecule has 0 spiro atoms. The van der Waals surface area contributed by atoms with Gasteiger partial charge in [-0.2, -0.15) is 5.10 Å². The summed E-state index contributed by atoms with van der Waals surface area (Å²) in [6.07, 6.45) is 0.676. The highest BCUT2D eigenvalue weighted by Crippen LogP contribution is 2.28. The number of nitrogens with zero attached hydrogens (tertiary/aromatic N) is 4. The molecule has 0 aliphatic carbocycles. The van der Waals surface area contributed by atoms with Crippen LogP contribution in [0, 0.1) is 0 Å². The highest BCUT2D eigenvalue weighted by molar-refractivity contribution is 5.66. The van der Waals surface area contributed by atoms with Gasteiger partial charge < -0.3 is 4.74 Å². The lowest BCUT2D eigenvalue weighted by atomic mass is 10.1. The normalized spacial score (nSPS) is 11.7. The van der Waals surface area contributed by atoms with E-state index in [0.717, 1.165) is 11.3 Å². The van der Waals surface area contributed by atoms with Crippen molar-refractivity contribution in [2.24, 2.45) is 7.05 Å². The molecule has 0 radical (unpaired) electrons. The van der Waals surface area contributed by atoms with Gasteiger partial charge in [-0.25, -0.2) is 14.1 Å². The van der Waals surface area contributed by atoms with E-state index in [9.17, 15) is 13.2 Å². The molecule has 0 bridgehead atoms. The van der Waals surface area contributed by atoms with Crippen molar-refractivity contribution in [1.29, 1.82) is 0 Å². The molecule has 8 heteroatoms. The fraction of sp³-hybridized carbons (Fsp3) is 0.105. The summed E-state index contributed by atoms with van der Waals surface area (Å²) in [6.45, 7) is 0. The van der Waals surface area contributed by atoms with Crippen LogP contribution in [0.2, 0.25) is 0 Å². The van der Waals surface area contributed by atoms with Crippen LogP contribution in [0.15, 0.2) is 67.1 Å². The summed E-state index contributed by atoms with van der Waals surface area (Å²) in [5.74, 6) is -0.291. The fourth-order valence-electron chi connectivity index (χ4n) is 2.82. The lowest BCUT2D eigenvalue weighted by Crippen LogP contribution is -2.26. The van der Waals surface area contributed by atoms with Crippen molar-refractivity contribution in [3.8, 4) is 28.3 Å². The van der Waals surface area contributed by atoms with Gasteiger partial charge in [0.2, 0.25) is 0 Å². The van der Waals surface area contributed by atoms with Gasteiger partial charge in [-0.05, 0) is 30.3 Å². The second kappa shape index (κ2) is 6.39. The molecule has 4 aromatic rings. The molecule has 4 rings (SSSR count). The zero-order valence-corrected chi connectivity index (χ0v) is 14.2. The Morgan fingerprint density at radius 3 is 2.63 bits per heavy atom. The summed E-state index contributed by atoms with van der Waals surface area (Å²) in [4.78, 5) is 4.28. The molecule has 0 unspecified atom stereocenters. The predicted molar refractivity (Wildman–Crippen MR) is 91.7 cm³/mol. The van der Waals surface area contributed by atoms with Crippen LogP contribution in [-0.4, -0.2) is 21.0 Å². The summed E-state index contributed by atoms with van der Waals surface area (Å²) in [5.41, 5.74) is 3.32. The maximum absolute atomic E-state index is 12.5. The zero-order chi connectivity index (χ0) is 19.0. The van der Waals surface area contributed by atoms with Crippen LogP contribution in [-0.2, 0) is 7.05 Å². The monoisotopic (exact) mass is 371 g/mol. The molecule has 3 heterocycles. The van der Waals surface area contributed by atoms with Gasteiger partial charge in [0.15, 0.2) is 18.0 Å². The average Bonchev–Trinajstić information content (AvgIpc) is 3.03. The minimum Gasteiger partial charge on any atom is -0.406 e. The molecule has 0 atom stereocenters. The maximum Gasteiger partial charge on any atom is 0.573 e. The van der Waals surface area contributed by atoms with Crippen molar-refractivity contribution in [2.45, 2.75) is 6.36 Å². The number of rotatable bonds is 3. The van der Waals surface area contributed by atoms with Crippen molar-refractivity contribution in [3.05, 3.63) is 67.1 Å². The molecule has 1 aromatic carbocycles. The Balaban J connectivity index is 1.79. The SMILES string of the molecule is C[n+]1cccc(-c2ccc3ncc(-c4cccc(OC(F)(F)F)c4)n3n2)c1. The summed E-state index contributed by atoms with van der Waals surface area (Å²) in [6, 6.07) is 13.3. The Morgan fingerprint density at radius 2 is 1.85 bits per heavy atom. The first-order valence-corrected chi connectivity index (χ1v) is 8.06. The Kier molecular flexibility index (Phi) is 4.02. The first-order chi connectivity index (χ1) is 12.9. The van der Waals surface area contributed by atoms with E-state index in [4.69, 9.17) is 0 Å². The number of benzene rings is 1. The van der Waals surface area contributed by atoms with Gasteiger partial charge in [0.25, 0.3) is 0 Å². The number of hydrogen-bond donors (Lipinski definition) is 0. The van der Waals surface area contributed by atoms with E-state index in [0.29, 0.717) is 16.9 Å². The summed E-state index contributed by atoms with van der Waals surface area (Å²) >= 11 is 0. The van der Waals surface area contributed by atoms with Gasteiger partial charge in [0.1, 0.15) is 12.8 Å². The van der Waals surface area contributed by atoms with Crippen molar-refractivity contribution in [2.75, 3.05) is 0 Å². The largest absolute Gasteiger partial charge is 0.573 e. The van der Waals surface area contributed by atoms with Crippen LogP contribution in [0.3, 0.4) is 0 Å². The maximum atomic E-state index is 12.5. The molecule has 0 aliphatic rings. The number of imidazole rings is 1. The second-order valence-corrected chi connectivity index (χ2v) is 5.97. The van der Waals surface area contributed by atoms with E-state index >= 15 is 0 Å². The van der Waals surface area contributed by atoms with E-state index in [1.54, 1.807) is 16.8 Å². The summed E-state index contributed by atoms with van der Waals surface area (Å²) in [7, 11) is 1.91. The number of alkyl halides is 3. The Labute approximate surface area is 152 Å². The third kappa shape index (κ3) is 3.59. The number of pyridine rings is 1. The number of fused-ring (bicyclic) bond motifs is 1. The van der Waals surface area contributed by atoms with E-state index < -0.39 is 6.36 Å². The summed E-state index contributed by atoms with van der Waals surface area (Å²) in [5, 5.41) is 4.60. The van der Waals surface area contributed by atoms with Gasteiger partial charge in [0.05, 0.1) is 23.1 Å². The number of halogens is 3. The van der Waals surface area contributed by atoms with Crippen LogP contribution in [0.4, 0.5) is 13.2 Å². The van der Waals surface area contributed by atoms with Crippen LogP contribution in [0.1, 0.15) is 0 Å². The van der Waals surface area contributed by atoms with Crippen LogP contribution in [0.5, 0.6) is 5.75 Å². The Hall–Kier alpha value is -3.42. The predicted octanol–water partition coefficient (Wildman–Crippen LogP) is 3.79. The van der Waals surface area contributed by atoms with E-state index in [1.165, 1.54) is 18.2 Å². The number of aromatic nitrogens is 4. The first kappa shape index (κ1) is 17.0. The smallest absolute Gasteiger partial charge is 0.406 e. The van der Waals surface area contributed by atoms with Crippen molar-refractivity contribution < 1.29 is 22.5 Å². The quantitative estimate of drug-likeness (QED) is 0.515. The molecule has 136 valence electrons. The van der Waals surface area contributed by atoms with E-state index in [-0.39, 0.29) is 5.75 Å². The molecule has 0 amide bonds. The fourth-order valence-corrected chi connectivity index (χ4v) is 2.82. The zero-order valence-electron chi connectivity index (χ0n) is 14.2. The highest BCUT2D eigenvalue weighted by Gasteiger charge is 2.31. The molecule has 27 heavy (non-hydrogen) atoms. The van der Waals surface area contributed by atoms with Gasteiger partial charge in [-0.15, -0.1) is 13.2 Å². The molecule has 0 N–H and O–H groups in total. The third-order valence-corrected chi connectivity index (χ3v) is 3.96. The molecule has 5 nitrogen and oxygen atoms in total. The number of aryl methyl sites for hydroxylation is 1. The van der Waals surface area contributed by atoms with Crippen molar-refractivity contribution >= 4 is 5.65 Å². The minimum atomic E-state index is -4.74. The number of ether oxygens (including phenoxy) is 1. The van der Waals surface area contributed by atoms with Crippen LogP contribution < -0.4 is 9.30 Å². The van der Waals surface area contributed by atoms with Gasteiger partial charge in [-0.3, -0.25) is 0 Å². The molecule has 0 fully saturated rings. The minimum absolute atomic E-state index is 0.291. The van der Waals surface area contributed by atoms with E-state index in [2.05, 4.69) is 14.8 Å². The average molecular weight is 371 g/mol. The molecule has 0 saturated carbocycles. The number of hydrogen-bond acceptors (Lipinski definition) is 3. The lowest BCUT2D eigenvalue weighted by Gasteiger charge is -2.10. The first-order valence-electron chi connectivity index (χ1n) is 8.06. The second-order valence-electron chi connectivity index (χ2n) is 5.97. The van der Waals surface area contributed by atoms with E-state index in [1.807, 2.05) is 48.3 Å². The highest BCUT2D eigenvalue weighted by atomic mass is 19.4. The molecule has 0 aliphatic heterocycles. The van der Waals surface area contributed by atoms with Crippen LogP contribution >= 0.6 is 0 Å². The molecular weight excluding hydrogens is 357 g/mol. The Morgan fingerprint density at radius 1 is 1.04 bits per heavy atom. The van der Waals surface area contributed by atoms with Crippen molar-refractivity contribution in [3.63, 3.8) is 0 Å². The van der Waals surface area contributed by atoms with Gasteiger partial charge >= 0.3 is 6.36 Å². The Bertz CT molecular complexity index is 1120. The third-order valence-electron chi connectivity index (χ3n) is 3.96. The van der Waals surface area contributed by atoms with Crippen LogP contribution in [0.25, 0.3) is 28.2 Å². The molecule has 3 aromatic heterocycles. The van der Waals surface area contributed by atoms with Gasteiger partial charge in [0, 0.05) is 11.6 Å².